The van der Waals surface area contributed by atoms with Crippen molar-refractivity contribution in [3.05, 3.63) is 87.5 Å². The lowest BCUT2D eigenvalue weighted by atomic mass is 9.86. The van der Waals surface area contributed by atoms with Crippen LogP contribution in [0.4, 0.5) is 4.79 Å². The summed E-state index contributed by atoms with van der Waals surface area (Å²) < 4.78 is 5.61. The zero-order valence-electron chi connectivity index (χ0n) is 28.8. The first-order valence-corrected chi connectivity index (χ1v) is 18.3. The second-order valence-electron chi connectivity index (χ2n) is 13.6. The number of hydrogen-bond acceptors (Lipinski definition) is 7. The lowest BCUT2D eigenvalue weighted by molar-refractivity contribution is -0.120. The fourth-order valence-electron chi connectivity index (χ4n) is 7.49. The molecule has 0 radical (unpaired) electrons. The van der Waals surface area contributed by atoms with E-state index in [0.29, 0.717) is 51.8 Å². The quantitative estimate of drug-likeness (QED) is 0.131. The number of ether oxygens (including phenoxy) is 1. The third-order valence-corrected chi connectivity index (χ3v) is 11.0. The van der Waals surface area contributed by atoms with Gasteiger partial charge in [0.2, 0.25) is 17.7 Å². The van der Waals surface area contributed by atoms with Gasteiger partial charge in [0.25, 0.3) is 0 Å². The van der Waals surface area contributed by atoms with Crippen molar-refractivity contribution < 1.29 is 24.2 Å². The van der Waals surface area contributed by atoms with Gasteiger partial charge in [-0.1, -0.05) is 53.5 Å². The van der Waals surface area contributed by atoms with Gasteiger partial charge in [-0.25, -0.2) is 9.78 Å². The average Bonchev–Trinajstić information content (AvgIpc) is 3.77. The van der Waals surface area contributed by atoms with Crippen molar-refractivity contribution in [2.75, 3.05) is 20.2 Å². The van der Waals surface area contributed by atoms with Crippen molar-refractivity contribution in [2.45, 2.75) is 69.6 Å². The van der Waals surface area contributed by atoms with E-state index in [0.717, 1.165) is 48.9 Å². The number of aryl methyl sites for hydroxylation is 1. The van der Waals surface area contributed by atoms with Gasteiger partial charge in [0.05, 0.1) is 35.1 Å². The number of aromatic nitrogens is 2. The molecule has 11 nitrogen and oxygen atoms in total. The van der Waals surface area contributed by atoms with Crippen molar-refractivity contribution >= 4 is 41.1 Å². The number of halogens is 2. The van der Waals surface area contributed by atoms with Crippen molar-refractivity contribution in [2.24, 2.45) is 0 Å². The molecular formula is C39H40Cl2N6O5. The summed E-state index contributed by atoms with van der Waals surface area (Å²) in [7, 11) is 1.49. The van der Waals surface area contributed by atoms with E-state index in [1.807, 2.05) is 24.3 Å². The number of fused-ring (bicyclic) bond motifs is 1. The lowest BCUT2D eigenvalue weighted by Crippen LogP contribution is -2.41. The summed E-state index contributed by atoms with van der Waals surface area (Å²) in [5.41, 5.74) is 7.37. The fourth-order valence-corrected chi connectivity index (χ4v) is 8.14. The molecule has 0 bridgehead atoms. The van der Waals surface area contributed by atoms with E-state index < -0.39 is 6.09 Å². The predicted octanol–water partition coefficient (Wildman–Crippen LogP) is 6.80. The molecule has 2 saturated heterocycles. The molecule has 0 spiro atoms. The van der Waals surface area contributed by atoms with E-state index >= 15 is 0 Å². The first-order valence-electron chi connectivity index (χ1n) is 17.6. The summed E-state index contributed by atoms with van der Waals surface area (Å²) in [5.74, 6) is 0.332. The van der Waals surface area contributed by atoms with Crippen molar-refractivity contribution in [3.8, 4) is 39.5 Å². The number of hydrogen-bond donors (Lipinski definition) is 4. The number of methoxy groups -OCH3 is 1. The Balaban J connectivity index is 1.12. The Morgan fingerprint density at radius 1 is 0.942 bits per heavy atom. The summed E-state index contributed by atoms with van der Waals surface area (Å²) in [4.78, 5) is 46.0. The van der Waals surface area contributed by atoms with Crippen LogP contribution >= 0.6 is 23.2 Å². The first-order chi connectivity index (χ1) is 25.2. The number of rotatable bonds is 11. The van der Waals surface area contributed by atoms with Crippen LogP contribution in [-0.2, 0) is 22.6 Å². The molecule has 270 valence electrons. The second kappa shape index (κ2) is 15.5. The van der Waals surface area contributed by atoms with E-state index in [4.69, 9.17) is 32.9 Å². The van der Waals surface area contributed by atoms with Crippen LogP contribution < -0.4 is 20.7 Å². The van der Waals surface area contributed by atoms with Gasteiger partial charge in [-0.2, -0.15) is 0 Å². The van der Waals surface area contributed by atoms with Gasteiger partial charge in [-0.05, 0) is 67.5 Å². The van der Waals surface area contributed by atoms with E-state index in [9.17, 15) is 19.5 Å². The number of pyridine rings is 2. The summed E-state index contributed by atoms with van der Waals surface area (Å²) in [6, 6.07) is 17.7. The molecule has 13 heteroatoms. The first kappa shape index (κ1) is 35.7. The van der Waals surface area contributed by atoms with Crippen LogP contribution in [0.2, 0.25) is 10.0 Å². The molecule has 2 aromatic carbocycles. The standard InChI is InChI=1S/C39H40Cl2N6O5/c1-52-38-24(20-47(39(50)51)21-26-11-15-34(49)45-26)9-13-32(46-38)30-6-3-5-28(35(30)40)29-16-17-42-37(36(29)41)23-8-12-27-22(18-23)4-2-7-31(27)43-19-25-10-14-33(48)44-25/h3,5-6,8-9,12-13,16-18,25-26,31,43H,2,4,7,10-11,14-15,19-21H2,1H3,(H,44,48)(H,45,49)(H,50,51)/t25-,26-,31?/m0/s1. The van der Waals surface area contributed by atoms with Crippen molar-refractivity contribution in [1.82, 2.24) is 30.8 Å². The summed E-state index contributed by atoms with van der Waals surface area (Å²) in [5, 5.41) is 20.4. The SMILES string of the molecule is COc1nc(-c2cccc(-c3ccnc(-c4ccc5c(c4)CCCC5NC[C@@H]4CCC(=O)N4)c3Cl)c2Cl)ccc1CN(C[C@@H]1CCC(=O)N1)C(=O)O. The minimum atomic E-state index is -1.10. The third kappa shape index (κ3) is 7.58. The molecule has 3 amide bonds. The highest BCUT2D eigenvalue weighted by atomic mass is 35.5. The molecule has 4 aromatic rings. The van der Waals surface area contributed by atoms with Gasteiger partial charge in [0.1, 0.15) is 0 Å². The highest BCUT2D eigenvalue weighted by Crippen LogP contribution is 2.42. The minimum absolute atomic E-state index is 0.0430. The normalized spacial score (nSPS) is 19.6. The Bertz CT molecular complexity index is 2030. The van der Waals surface area contributed by atoms with Crippen LogP contribution in [0, 0.1) is 0 Å². The van der Waals surface area contributed by atoms with Crippen molar-refractivity contribution in [1.29, 1.82) is 0 Å². The topological polar surface area (TPSA) is 146 Å². The summed E-state index contributed by atoms with van der Waals surface area (Å²) >= 11 is 14.2. The van der Waals surface area contributed by atoms with Crippen LogP contribution in [0.5, 0.6) is 5.88 Å². The van der Waals surface area contributed by atoms with Crippen LogP contribution in [0.15, 0.2) is 60.8 Å². The Morgan fingerprint density at radius 2 is 1.69 bits per heavy atom. The van der Waals surface area contributed by atoms with Gasteiger partial charge in [-0.3, -0.25) is 14.6 Å². The number of carboxylic acid groups (broad SMARTS) is 1. The Kier molecular flexibility index (Phi) is 10.6. The molecule has 0 saturated carbocycles. The number of carbonyl (C=O) groups excluding carboxylic acids is 2. The van der Waals surface area contributed by atoms with Gasteiger partial charge in [0.15, 0.2) is 0 Å². The Hall–Kier alpha value is -4.71. The maximum atomic E-state index is 12.1. The van der Waals surface area contributed by atoms with E-state index in [-0.39, 0.29) is 48.9 Å². The molecule has 2 aromatic heterocycles. The Labute approximate surface area is 312 Å². The zero-order chi connectivity index (χ0) is 36.4. The number of benzene rings is 2. The maximum Gasteiger partial charge on any atom is 0.407 e. The summed E-state index contributed by atoms with van der Waals surface area (Å²) in [6.45, 7) is 0.965. The Morgan fingerprint density at radius 3 is 2.42 bits per heavy atom. The minimum Gasteiger partial charge on any atom is -0.481 e. The van der Waals surface area contributed by atoms with Gasteiger partial charge in [0, 0.05) is 78.1 Å². The molecule has 4 heterocycles. The summed E-state index contributed by atoms with van der Waals surface area (Å²) in [6.07, 6.45) is 6.15. The van der Waals surface area contributed by atoms with Crippen LogP contribution in [0.25, 0.3) is 33.6 Å². The molecule has 3 atom stereocenters. The molecule has 7 rings (SSSR count). The fraction of sp³-hybridized carbons (Fsp3) is 0.359. The molecule has 4 N–H and O–H groups in total. The number of nitrogens with zero attached hydrogens (tertiary/aromatic N) is 3. The molecule has 2 fully saturated rings. The number of amides is 3. The number of nitrogens with one attached hydrogen (secondary N) is 3. The molecule has 1 aliphatic carbocycles. The van der Waals surface area contributed by atoms with E-state index in [1.54, 1.807) is 18.3 Å². The molecule has 52 heavy (non-hydrogen) atoms. The van der Waals surface area contributed by atoms with Crippen LogP contribution in [-0.4, -0.2) is 70.2 Å². The molecule has 3 aliphatic rings. The predicted molar refractivity (Wildman–Crippen MR) is 199 cm³/mol. The van der Waals surface area contributed by atoms with Crippen LogP contribution in [0.1, 0.15) is 61.3 Å². The molecular weight excluding hydrogens is 703 g/mol. The average molecular weight is 744 g/mol. The monoisotopic (exact) mass is 742 g/mol. The van der Waals surface area contributed by atoms with Crippen molar-refractivity contribution in [3.63, 3.8) is 0 Å². The van der Waals surface area contributed by atoms with E-state index in [1.165, 1.54) is 23.1 Å². The highest BCUT2D eigenvalue weighted by Gasteiger charge is 2.28. The second-order valence-corrected chi connectivity index (χ2v) is 14.3. The zero-order valence-corrected chi connectivity index (χ0v) is 30.3. The highest BCUT2D eigenvalue weighted by molar-refractivity contribution is 6.39. The smallest absolute Gasteiger partial charge is 0.407 e. The van der Waals surface area contributed by atoms with Gasteiger partial charge < -0.3 is 30.7 Å². The maximum absolute atomic E-state index is 12.1. The molecule has 1 unspecified atom stereocenters. The van der Waals surface area contributed by atoms with Gasteiger partial charge >= 0.3 is 6.09 Å². The largest absolute Gasteiger partial charge is 0.481 e. The third-order valence-electron chi connectivity index (χ3n) is 10.2. The van der Waals surface area contributed by atoms with Gasteiger partial charge in [-0.15, -0.1) is 0 Å². The van der Waals surface area contributed by atoms with Crippen LogP contribution in [0.3, 0.4) is 0 Å². The number of carbonyl (C=O) groups is 3. The molecule has 2 aliphatic heterocycles. The lowest BCUT2D eigenvalue weighted by Gasteiger charge is -2.28. The van der Waals surface area contributed by atoms with E-state index in [2.05, 4.69) is 39.1 Å².